The van der Waals surface area contributed by atoms with Crippen molar-refractivity contribution in [1.82, 2.24) is 10.3 Å². The Morgan fingerprint density at radius 2 is 1.92 bits per heavy atom. The highest BCUT2D eigenvalue weighted by molar-refractivity contribution is 7.99. The molecule has 1 fully saturated rings. The number of amides is 1. The smallest absolute Gasteiger partial charge is 0.230 e. The highest BCUT2D eigenvalue weighted by Crippen LogP contribution is 2.25. The Kier molecular flexibility index (Phi) is 6.87. The molecule has 134 valence electrons. The van der Waals surface area contributed by atoms with Crippen LogP contribution in [0, 0.1) is 5.82 Å². The monoisotopic (exact) mass is 378 g/mol. The predicted octanol–water partition coefficient (Wildman–Crippen LogP) is 5.02. The van der Waals surface area contributed by atoms with E-state index in [-0.39, 0.29) is 11.7 Å². The van der Waals surface area contributed by atoms with Gasteiger partial charge in [-0.25, -0.2) is 9.37 Å². The molecule has 1 aliphatic carbocycles. The van der Waals surface area contributed by atoms with Gasteiger partial charge in [0.25, 0.3) is 0 Å². The molecular weight excluding hydrogens is 355 g/mol. The first-order valence-electron chi connectivity index (χ1n) is 8.78. The van der Waals surface area contributed by atoms with Crippen LogP contribution in [0.1, 0.15) is 44.2 Å². The van der Waals surface area contributed by atoms with Gasteiger partial charge in [-0.3, -0.25) is 4.79 Å². The number of nitrogens with one attached hydrogen (secondary N) is 1. The lowest BCUT2D eigenvalue weighted by atomic mass is 10.1. The van der Waals surface area contributed by atoms with Gasteiger partial charge in [-0.05, 0) is 37.1 Å². The van der Waals surface area contributed by atoms with E-state index in [9.17, 15) is 9.18 Å². The van der Waals surface area contributed by atoms with Crippen molar-refractivity contribution in [2.24, 2.45) is 0 Å². The molecule has 1 heterocycles. The summed E-state index contributed by atoms with van der Waals surface area (Å²) in [4.78, 5) is 16.7. The lowest BCUT2D eigenvalue weighted by Crippen LogP contribution is -2.35. The predicted molar refractivity (Wildman–Crippen MR) is 103 cm³/mol. The number of rotatable bonds is 6. The Balaban J connectivity index is 1.43. The number of aromatic nitrogens is 1. The van der Waals surface area contributed by atoms with E-state index in [1.54, 1.807) is 35.2 Å². The van der Waals surface area contributed by atoms with Crippen molar-refractivity contribution in [2.45, 2.75) is 50.3 Å². The molecule has 0 spiro atoms. The first-order chi connectivity index (χ1) is 12.2. The number of thioether (sulfide) groups is 1. The number of hydrogen-bond acceptors (Lipinski definition) is 4. The number of carbonyl (C=O) groups excluding carboxylic acids is 1. The largest absolute Gasteiger partial charge is 0.353 e. The Hall–Kier alpha value is -1.40. The quantitative estimate of drug-likeness (QED) is 0.718. The van der Waals surface area contributed by atoms with Crippen LogP contribution in [-0.4, -0.2) is 22.7 Å². The zero-order valence-electron chi connectivity index (χ0n) is 14.2. The molecule has 0 bridgehead atoms. The van der Waals surface area contributed by atoms with Crippen molar-refractivity contribution in [3.63, 3.8) is 0 Å². The molecule has 1 saturated carbocycles. The van der Waals surface area contributed by atoms with Crippen LogP contribution >= 0.6 is 23.1 Å². The van der Waals surface area contributed by atoms with Crippen LogP contribution in [0.2, 0.25) is 0 Å². The average molecular weight is 379 g/mol. The van der Waals surface area contributed by atoms with Crippen LogP contribution < -0.4 is 5.32 Å². The van der Waals surface area contributed by atoms with E-state index in [2.05, 4.69) is 10.3 Å². The van der Waals surface area contributed by atoms with E-state index >= 15 is 0 Å². The van der Waals surface area contributed by atoms with Crippen molar-refractivity contribution < 1.29 is 9.18 Å². The standard InChI is InChI=1S/C19H23FN2OS2/c20-15-9-7-14(8-10-15)19-22-17(12-25-19)11-24-13-18(23)21-16-5-3-1-2-4-6-16/h7-10,12,16H,1-6,11,13H2,(H,21,23). The van der Waals surface area contributed by atoms with E-state index in [1.807, 2.05) is 5.38 Å². The lowest BCUT2D eigenvalue weighted by molar-refractivity contribution is -0.119. The van der Waals surface area contributed by atoms with Crippen molar-refractivity contribution >= 4 is 29.0 Å². The first kappa shape index (κ1) is 18.4. The van der Waals surface area contributed by atoms with Crippen molar-refractivity contribution in [2.75, 3.05) is 5.75 Å². The fourth-order valence-corrected chi connectivity index (χ4v) is 4.70. The summed E-state index contributed by atoms with van der Waals surface area (Å²) in [6.07, 6.45) is 7.27. The number of thiazole rings is 1. The van der Waals surface area contributed by atoms with E-state index in [1.165, 1.54) is 37.8 Å². The number of nitrogens with zero attached hydrogens (tertiary/aromatic N) is 1. The molecular formula is C19H23FN2OS2. The Morgan fingerprint density at radius 3 is 2.64 bits per heavy atom. The number of hydrogen-bond donors (Lipinski definition) is 1. The molecule has 0 unspecified atom stereocenters. The maximum atomic E-state index is 13.0. The minimum atomic E-state index is -0.240. The molecule has 3 rings (SSSR count). The highest BCUT2D eigenvalue weighted by atomic mass is 32.2. The van der Waals surface area contributed by atoms with Gasteiger partial charge in [-0.15, -0.1) is 23.1 Å². The molecule has 0 saturated heterocycles. The van der Waals surface area contributed by atoms with Gasteiger partial charge in [0.1, 0.15) is 10.8 Å². The normalized spacial score (nSPS) is 15.7. The van der Waals surface area contributed by atoms with Crippen LogP contribution in [0.4, 0.5) is 4.39 Å². The second-order valence-electron chi connectivity index (χ2n) is 6.40. The molecule has 1 N–H and O–H groups in total. The molecule has 0 radical (unpaired) electrons. The topological polar surface area (TPSA) is 42.0 Å². The Bertz CT molecular complexity index is 679. The summed E-state index contributed by atoms with van der Waals surface area (Å²) in [6.45, 7) is 0. The Labute approximate surface area is 156 Å². The van der Waals surface area contributed by atoms with Gasteiger partial charge in [-0.2, -0.15) is 0 Å². The molecule has 6 heteroatoms. The highest BCUT2D eigenvalue weighted by Gasteiger charge is 2.14. The van der Waals surface area contributed by atoms with Gasteiger partial charge >= 0.3 is 0 Å². The molecule has 25 heavy (non-hydrogen) atoms. The van der Waals surface area contributed by atoms with E-state index in [0.29, 0.717) is 11.8 Å². The van der Waals surface area contributed by atoms with Crippen LogP contribution in [0.15, 0.2) is 29.6 Å². The van der Waals surface area contributed by atoms with E-state index in [0.717, 1.165) is 34.9 Å². The first-order valence-corrected chi connectivity index (χ1v) is 10.8. The zero-order chi connectivity index (χ0) is 17.5. The third kappa shape index (κ3) is 5.82. The summed E-state index contributed by atoms with van der Waals surface area (Å²) in [5.74, 6) is 1.08. The van der Waals surface area contributed by atoms with Crippen LogP contribution in [-0.2, 0) is 10.5 Å². The number of benzene rings is 1. The number of halogens is 1. The van der Waals surface area contributed by atoms with Gasteiger partial charge in [-0.1, -0.05) is 25.7 Å². The second kappa shape index (κ2) is 9.34. The van der Waals surface area contributed by atoms with Gasteiger partial charge in [0, 0.05) is 22.7 Å². The summed E-state index contributed by atoms with van der Waals surface area (Å²) in [5, 5.41) is 6.06. The van der Waals surface area contributed by atoms with Gasteiger partial charge < -0.3 is 5.32 Å². The molecule has 3 nitrogen and oxygen atoms in total. The fraction of sp³-hybridized carbons (Fsp3) is 0.474. The molecule has 1 aliphatic rings. The van der Waals surface area contributed by atoms with Crippen molar-refractivity contribution in [1.29, 1.82) is 0 Å². The third-order valence-electron chi connectivity index (χ3n) is 4.35. The maximum Gasteiger partial charge on any atom is 0.230 e. The van der Waals surface area contributed by atoms with Gasteiger partial charge in [0.05, 0.1) is 11.4 Å². The summed E-state index contributed by atoms with van der Waals surface area (Å²) >= 11 is 3.14. The van der Waals surface area contributed by atoms with E-state index in [4.69, 9.17) is 0 Å². The SMILES string of the molecule is O=C(CSCc1csc(-c2ccc(F)cc2)n1)NC1CCCCCC1. The van der Waals surface area contributed by atoms with Crippen LogP contribution in [0.5, 0.6) is 0 Å². The van der Waals surface area contributed by atoms with Crippen LogP contribution in [0.3, 0.4) is 0 Å². The van der Waals surface area contributed by atoms with Crippen molar-refractivity contribution in [3.8, 4) is 10.6 Å². The molecule has 1 aromatic heterocycles. The fourth-order valence-electron chi connectivity index (χ4n) is 3.04. The van der Waals surface area contributed by atoms with Crippen molar-refractivity contribution in [3.05, 3.63) is 41.2 Å². The number of carbonyl (C=O) groups is 1. The summed E-state index contributed by atoms with van der Waals surface area (Å²) in [5.41, 5.74) is 1.89. The average Bonchev–Trinajstić information content (AvgIpc) is 2.92. The molecule has 2 aromatic rings. The van der Waals surface area contributed by atoms with Gasteiger partial charge in [0.2, 0.25) is 5.91 Å². The maximum absolute atomic E-state index is 13.0. The zero-order valence-corrected chi connectivity index (χ0v) is 15.8. The minimum absolute atomic E-state index is 0.130. The lowest BCUT2D eigenvalue weighted by Gasteiger charge is -2.15. The second-order valence-corrected chi connectivity index (χ2v) is 8.24. The summed E-state index contributed by atoms with van der Waals surface area (Å²) in [6, 6.07) is 6.74. The Morgan fingerprint density at radius 1 is 1.20 bits per heavy atom. The summed E-state index contributed by atoms with van der Waals surface area (Å²) in [7, 11) is 0. The van der Waals surface area contributed by atoms with Crippen LogP contribution in [0.25, 0.3) is 10.6 Å². The van der Waals surface area contributed by atoms with E-state index < -0.39 is 0 Å². The molecule has 0 aliphatic heterocycles. The third-order valence-corrected chi connectivity index (χ3v) is 6.25. The van der Waals surface area contributed by atoms with Gasteiger partial charge in [0.15, 0.2) is 0 Å². The molecule has 1 aromatic carbocycles. The minimum Gasteiger partial charge on any atom is -0.353 e. The molecule has 1 amide bonds. The molecule has 0 atom stereocenters. The summed E-state index contributed by atoms with van der Waals surface area (Å²) < 4.78 is 13.0.